The Bertz CT molecular complexity index is 545. The molecular formula is C17H21NO4. The lowest BCUT2D eigenvalue weighted by molar-refractivity contribution is -0.156. The van der Waals surface area contributed by atoms with E-state index in [1.807, 2.05) is 30.3 Å². The topological polar surface area (TPSA) is 62.3 Å². The smallest absolute Gasteiger partial charge is 0.316 e. The highest BCUT2D eigenvalue weighted by atomic mass is 16.6. The highest BCUT2D eigenvalue weighted by molar-refractivity contribution is 5.78. The van der Waals surface area contributed by atoms with Gasteiger partial charge < -0.3 is 14.6 Å². The molecule has 0 radical (unpaired) electrons. The number of nitrogens with zero attached hydrogens (tertiary/aromatic N) is 1. The maximum atomic E-state index is 12.4. The summed E-state index contributed by atoms with van der Waals surface area (Å²) in [6.45, 7) is -0.226. The maximum Gasteiger partial charge on any atom is 0.316 e. The van der Waals surface area contributed by atoms with E-state index >= 15 is 0 Å². The first-order valence-electron chi connectivity index (χ1n) is 7.92. The van der Waals surface area contributed by atoms with Crippen LogP contribution in [0.25, 0.3) is 0 Å². The molecule has 5 nitrogen and oxygen atoms in total. The van der Waals surface area contributed by atoms with Crippen molar-refractivity contribution < 1.29 is 19.4 Å². The quantitative estimate of drug-likeness (QED) is 0.662. The Morgan fingerprint density at radius 1 is 1.32 bits per heavy atom. The zero-order valence-electron chi connectivity index (χ0n) is 12.6. The summed E-state index contributed by atoms with van der Waals surface area (Å²) in [5.41, 5.74) is 0.803. The number of hydrogen-bond donors (Lipinski definition) is 1. The van der Waals surface area contributed by atoms with E-state index in [1.54, 1.807) is 0 Å². The van der Waals surface area contributed by atoms with Crippen molar-refractivity contribution in [3.8, 4) is 0 Å². The first-order valence-corrected chi connectivity index (χ1v) is 7.92. The molecular weight excluding hydrogens is 282 g/mol. The Hall–Kier alpha value is -1.43. The van der Waals surface area contributed by atoms with E-state index in [0.29, 0.717) is 24.3 Å². The zero-order chi connectivity index (χ0) is 15.3. The fourth-order valence-electron chi connectivity index (χ4n) is 4.04. The number of hydrogen-bond acceptors (Lipinski definition) is 5. The second-order valence-electron chi connectivity index (χ2n) is 6.54. The third-order valence-corrected chi connectivity index (χ3v) is 5.33. The van der Waals surface area contributed by atoms with E-state index in [-0.39, 0.29) is 18.7 Å². The largest absolute Gasteiger partial charge is 0.462 e. The van der Waals surface area contributed by atoms with Crippen molar-refractivity contribution in [3.05, 3.63) is 35.9 Å². The van der Waals surface area contributed by atoms with Gasteiger partial charge in [-0.15, -0.1) is 0 Å². The number of carbonyl (C=O) groups excluding carboxylic acids is 1. The number of esters is 1. The van der Waals surface area contributed by atoms with Gasteiger partial charge in [0.25, 0.3) is 0 Å². The van der Waals surface area contributed by atoms with Crippen molar-refractivity contribution >= 4 is 5.97 Å². The standard InChI is InChI=1S/C17H21NO4/c1-18-13-7-11(8-14(18)16-15(13)22-16)21-17(20)12(9-19)10-5-3-2-4-6-10/h2-6,11-16,19H,7-9H2,1H3/t11?,12?,13-,14-,15-,16+/m1/s1. The van der Waals surface area contributed by atoms with Gasteiger partial charge in [0, 0.05) is 24.9 Å². The monoisotopic (exact) mass is 303 g/mol. The van der Waals surface area contributed by atoms with Gasteiger partial charge in [0.1, 0.15) is 24.2 Å². The van der Waals surface area contributed by atoms with Crippen LogP contribution in [0.5, 0.6) is 0 Å². The van der Waals surface area contributed by atoms with Crippen LogP contribution in [0.15, 0.2) is 30.3 Å². The highest BCUT2D eigenvalue weighted by Crippen LogP contribution is 2.48. The number of fused-ring (bicyclic) bond motifs is 5. The molecule has 3 aliphatic rings. The van der Waals surface area contributed by atoms with Crippen LogP contribution in [0.1, 0.15) is 24.3 Å². The maximum absolute atomic E-state index is 12.4. The second-order valence-corrected chi connectivity index (χ2v) is 6.54. The van der Waals surface area contributed by atoms with Crippen LogP contribution in [0.3, 0.4) is 0 Å². The molecule has 22 heavy (non-hydrogen) atoms. The van der Waals surface area contributed by atoms with Gasteiger partial charge in [-0.2, -0.15) is 0 Å². The summed E-state index contributed by atoms with van der Waals surface area (Å²) in [6, 6.07) is 10.1. The van der Waals surface area contributed by atoms with Gasteiger partial charge in [0.2, 0.25) is 0 Å². The summed E-state index contributed by atoms with van der Waals surface area (Å²) in [4.78, 5) is 14.8. The molecule has 118 valence electrons. The Labute approximate surface area is 129 Å². The zero-order valence-corrected chi connectivity index (χ0v) is 12.6. The first kappa shape index (κ1) is 14.2. The summed E-state index contributed by atoms with van der Waals surface area (Å²) >= 11 is 0. The number of morpholine rings is 1. The fourth-order valence-corrected chi connectivity index (χ4v) is 4.04. The summed E-state index contributed by atoms with van der Waals surface area (Å²) in [5, 5.41) is 9.56. The molecule has 0 saturated carbocycles. The second kappa shape index (κ2) is 5.33. The number of rotatable bonds is 4. The number of ether oxygens (including phenoxy) is 2. The number of aliphatic hydroxyl groups excluding tert-OH is 1. The fraction of sp³-hybridized carbons (Fsp3) is 0.588. The van der Waals surface area contributed by atoms with E-state index < -0.39 is 5.92 Å². The Morgan fingerprint density at radius 3 is 2.55 bits per heavy atom. The minimum absolute atomic E-state index is 0.0622. The van der Waals surface area contributed by atoms with Crippen molar-refractivity contribution in [2.45, 2.75) is 49.2 Å². The Morgan fingerprint density at radius 2 is 1.95 bits per heavy atom. The average molecular weight is 303 g/mol. The Balaban J connectivity index is 1.42. The molecule has 3 heterocycles. The predicted octanol–water partition coefficient (Wildman–Crippen LogP) is 0.918. The van der Waals surface area contributed by atoms with Crippen molar-refractivity contribution in [3.63, 3.8) is 0 Å². The molecule has 0 aliphatic carbocycles. The molecule has 1 aromatic carbocycles. The molecule has 1 aromatic rings. The molecule has 0 amide bonds. The molecule has 2 bridgehead atoms. The Kier molecular flexibility index (Phi) is 3.44. The number of carbonyl (C=O) groups is 1. The van der Waals surface area contributed by atoms with Crippen LogP contribution in [0.2, 0.25) is 0 Å². The van der Waals surface area contributed by atoms with Crippen LogP contribution in [-0.4, -0.2) is 60.0 Å². The van der Waals surface area contributed by atoms with Crippen molar-refractivity contribution in [1.29, 1.82) is 0 Å². The number of epoxide rings is 1. The first-order chi connectivity index (χ1) is 10.7. The molecule has 1 N–H and O–H groups in total. The summed E-state index contributed by atoms with van der Waals surface area (Å²) in [6.07, 6.45) is 2.26. The van der Waals surface area contributed by atoms with Gasteiger partial charge in [-0.3, -0.25) is 9.69 Å². The average Bonchev–Trinajstić information content (AvgIpc) is 3.27. The van der Waals surface area contributed by atoms with Crippen LogP contribution < -0.4 is 0 Å². The van der Waals surface area contributed by atoms with Gasteiger partial charge in [-0.05, 0) is 12.6 Å². The van der Waals surface area contributed by atoms with Crippen LogP contribution in [0.4, 0.5) is 0 Å². The lowest BCUT2D eigenvalue weighted by atomic mass is 9.97. The normalized spacial score (nSPS) is 37.5. The summed E-state index contributed by atoms with van der Waals surface area (Å²) < 4.78 is 11.4. The molecule has 0 spiro atoms. The molecule has 0 aromatic heterocycles. The summed E-state index contributed by atoms with van der Waals surface area (Å²) in [7, 11) is 2.13. The minimum atomic E-state index is -0.593. The highest BCUT2D eigenvalue weighted by Gasteiger charge is 2.62. The third kappa shape index (κ3) is 2.24. The lowest BCUT2D eigenvalue weighted by Crippen LogP contribution is -2.48. The lowest BCUT2D eigenvalue weighted by Gasteiger charge is -2.38. The number of piperidine rings is 1. The third-order valence-electron chi connectivity index (χ3n) is 5.33. The molecule has 3 fully saturated rings. The number of likely N-dealkylation sites (N-methyl/N-ethyl adjacent to an activating group) is 1. The summed E-state index contributed by atoms with van der Waals surface area (Å²) in [5.74, 6) is -0.915. The van der Waals surface area contributed by atoms with E-state index in [9.17, 15) is 9.90 Å². The van der Waals surface area contributed by atoms with E-state index in [2.05, 4.69) is 11.9 Å². The number of benzene rings is 1. The SMILES string of the molecule is CN1[C@@H]2CC(OC(=O)C(CO)c3ccccc3)C[C@@H]1[C@H]1O[C@H]12. The minimum Gasteiger partial charge on any atom is -0.462 e. The van der Waals surface area contributed by atoms with Crippen molar-refractivity contribution in [2.75, 3.05) is 13.7 Å². The van der Waals surface area contributed by atoms with Crippen LogP contribution in [-0.2, 0) is 14.3 Å². The van der Waals surface area contributed by atoms with Gasteiger partial charge in [-0.25, -0.2) is 0 Å². The molecule has 5 heteroatoms. The van der Waals surface area contributed by atoms with Crippen LogP contribution >= 0.6 is 0 Å². The molecule has 3 saturated heterocycles. The molecule has 2 unspecified atom stereocenters. The van der Waals surface area contributed by atoms with Crippen molar-refractivity contribution in [1.82, 2.24) is 4.90 Å². The van der Waals surface area contributed by atoms with E-state index in [0.717, 1.165) is 18.4 Å². The van der Waals surface area contributed by atoms with Gasteiger partial charge in [-0.1, -0.05) is 30.3 Å². The van der Waals surface area contributed by atoms with Gasteiger partial charge in [0.05, 0.1) is 6.61 Å². The van der Waals surface area contributed by atoms with Gasteiger partial charge in [0.15, 0.2) is 0 Å². The van der Waals surface area contributed by atoms with Crippen LogP contribution in [0, 0.1) is 0 Å². The van der Waals surface area contributed by atoms with E-state index in [1.165, 1.54) is 0 Å². The van der Waals surface area contributed by atoms with Gasteiger partial charge >= 0.3 is 5.97 Å². The molecule has 4 rings (SSSR count). The molecule has 3 aliphatic heterocycles. The predicted molar refractivity (Wildman–Crippen MR) is 79.4 cm³/mol. The molecule has 6 atom stereocenters. The van der Waals surface area contributed by atoms with E-state index in [4.69, 9.17) is 9.47 Å². The number of aliphatic hydroxyl groups is 1. The van der Waals surface area contributed by atoms with Crippen molar-refractivity contribution in [2.24, 2.45) is 0 Å².